The fraction of sp³-hybridized carbons (Fsp3) is 0.188. The van der Waals surface area contributed by atoms with E-state index in [0.717, 1.165) is 5.56 Å². The van der Waals surface area contributed by atoms with E-state index in [1.54, 1.807) is 6.92 Å². The summed E-state index contributed by atoms with van der Waals surface area (Å²) in [6.07, 6.45) is 0.633. The summed E-state index contributed by atoms with van der Waals surface area (Å²) in [5.74, 6) is -1.94. The van der Waals surface area contributed by atoms with Gasteiger partial charge in [-0.1, -0.05) is 30.3 Å². The van der Waals surface area contributed by atoms with Crippen LogP contribution in [0.25, 0.3) is 0 Å². The van der Waals surface area contributed by atoms with Gasteiger partial charge in [-0.15, -0.1) is 0 Å². The molecule has 0 radical (unpaired) electrons. The lowest BCUT2D eigenvalue weighted by molar-refractivity contribution is 0.0523. The Balaban J connectivity index is 2.56. The van der Waals surface area contributed by atoms with Crippen LogP contribution in [0.2, 0.25) is 0 Å². The number of aromatic carboxylic acids is 1. The molecule has 0 bridgehead atoms. The second-order valence-electron chi connectivity index (χ2n) is 4.57. The van der Waals surface area contributed by atoms with Crippen molar-refractivity contribution in [3.8, 4) is 0 Å². The van der Waals surface area contributed by atoms with Crippen LogP contribution in [0.3, 0.4) is 0 Å². The lowest BCUT2D eigenvalue weighted by atomic mass is 10.00. The average Bonchev–Trinajstić information content (AvgIpc) is 2.87. The fourth-order valence-corrected chi connectivity index (χ4v) is 2.24. The maximum absolute atomic E-state index is 12.1. The van der Waals surface area contributed by atoms with Crippen LogP contribution in [0, 0.1) is 0 Å². The maximum atomic E-state index is 12.1. The highest BCUT2D eigenvalue weighted by Gasteiger charge is 2.27. The van der Waals surface area contributed by atoms with Crippen LogP contribution < -0.4 is 0 Å². The van der Waals surface area contributed by atoms with Gasteiger partial charge in [-0.05, 0) is 12.5 Å². The predicted molar refractivity (Wildman–Crippen MR) is 78.3 cm³/mol. The van der Waals surface area contributed by atoms with E-state index in [0.29, 0.717) is 6.29 Å². The molecule has 0 atom stereocenters. The van der Waals surface area contributed by atoms with E-state index in [9.17, 15) is 19.5 Å². The molecule has 0 amide bonds. The third-order valence-electron chi connectivity index (χ3n) is 3.17. The summed E-state index contributed by atoms with van der Waals surface area (Å²) in [6.45, 7) is 1.77. The molecule has 6 heteroatoms. The van der Waals surface area contributed by atoms with Crippen LogP contribution in [-0.4, -0.2) is 34.9 Å². The van der Waals surface area contributed by atoms with Gasteiger partial charge in [0.2, 0.25) is 0 Å². The van der Waals surface area contributed by atoms with E-state index >= 15 is 0 Å². The normalized spacial score (nSPS) is 10.2. The zero-order valence-corrected chi connectivity index (χ0v) is 12.0. The lowest BCUT2D eigenvalue weighted by Crippen LogP contribution is -2.10. The van der Waals surface area contributed by atoms with Crippen LogP contribution in [0.1, 0.15) is 49.4 Å². The number of hydrogen-bond acceptors (Lipinski definition) is 4. The van der Waals surface area contributed by atoms with Gasteiger partial charge in [0.25, 0.3) is 0 Å². The monoisotopic (exact) mass is 301 g/mol. The number of aromatic nitrogens is 1. The molecule has 2 rings (SSSR count). The van der Waals surface area contributed by atoms with Crippen molar-refractivity contribution in [2.75, 3.05) is 6.61 Å². The van der Waals surface area contributed by atoms with Gasteiger partial charge in [0, 0.05) is 12.0 Å². The quantitative estimate of drug-likeness (QED) is 0.630. The number of carboxylic acid groups (broad SMARTS) is 1. The molecule has 0 saturated carbocycles. The third kappa shape index (κ3) is 3.06. The van der Waals surface area contributed by atoms with E-state index in [-0.39, 0.29) is 35.5 Å². The zero-order chi connectivity index (χ0) is 16.1. The summed E-state index contributed by atoms with van der Waals surface area (Å²) in [7, 11) is 0. The molecule has 0 spiro atoms. The Morgan fingerprint density at radius 3 is 2.50 bits per heavy atom. The number of aromatic amines is 1. The molecule has 1 heterocycles. The molecule has 0 aliphatic carbocycles. The molecule has 0 saturated heterocycles. The first-order valence-corrected chi connectivity index (χ1v) is 6.72. The highest BCUT2D eigenvalue weighted by atomic mass is 16.5. The molecule has 1 aromatic heterocycles. The number of nitrogens with one attached hydrogen (secondary N) is 1. The highest BCUT2D eigenvalue weighted by Crippen LogP contribution is 2.23. The van der Waals surface area contributed by atoms with Crippen LogP contribution in [0.4, 0.5) is 0 Å². The summed E-state index contributed by atoms with van der Waals surface area (Å²) in [5, 5.41) is 9.29. The van der Waals surface area contributed by atoms with Gasteiger partial charge in [-0.3, -0.25) is 4.79 Å². The number of rotatable bonds is 6. The minimum absolute atomic E-state index is 0.0156. The first-order valence-electron chi connectivity index (χ1n) is 6.72. The SMILES string of the molecule is CCOC(=O)c1c(C=O)[nH]c(C(=O)O)c1Cc1ccccc1. The van der Waals surface area contributed by atoms with E-state index < -0.39 is 11.9 Å². The summed E-state index contributed by atoms with van der Waals surface area (Å²) in [5.41, 5.74) is 0.806. The third-order valence-corrected chi connectivity index (χ3v) is 3.17. The van der Waals surface area contributed by atoms with Gasteiger partial charge >= 0.3 is 11.9 Å². The van der Waals surface area contributed by atoms with Crippen molar-refractivity contribution >= 4 is 18.2 Å². The zero-order valence-electron chi connectivity index (χ0n) is 12.0. The van der Waals surface area contributed by atoms with Crippen molar-refractivity contribution in [3.63, 3.8) is 0 Å². The molecule has 1 aromatic carbocycles. The minimum atomic E-state index is -1.23. The van der Waals surface area contributed by atoms with Gasteiger partial charge in [-0.2, -0.15) is 0 Å². The summed E-state index contributed by atoms with van der Waals surface area (Å²) < 4.78 is 4.93. The van der Waals surface area contributed by atoms with E-state index in [4.69, 9.17) is 4.74 Å². The van der Waals surface area contributed by atoms with Crippen molar-refractivity contribution in [1.29, 1.82) is 0 Å². The summed E-state index contributed by atoms with van der Waals surface area (Å²) in [6, 6.07) is 9.09. The molecular weight excluding hydrogens is 286 g/mol. The largest absolute Gasteiger partial charge is 0.477 e. The number of hydrogen-bond donors (Lipinski definition) is 2. The number of aldehydes is 1. The van der Waals surface area contributed by atoms with E-state index in [2.05, 4.69) is 4.98 Å². The minimum Gasteiger partial charge on any atom is -0.477 e. The van der Waals surface area contributed by atoms with Gasteiger partial charge in [0.15, 0.2) is 6.29 Å². The summed E-state index contributed by atoms with van der Waals surface area (Å²) in [4.78, 5) is 37.1. The van der Waals surface area contributed by atoms with Crippen LogP contribution >= 0.6 is 0 Å². The number of carbonyl (C=O) groups is 3. The van der Waals surface area contributed by atoms with Gasteiger partial charge < -0.3 is 14.8 Å². The Morgan fingerprint density at radius 2 is 1.95 bits per heavy atom. The number of H-pyrrole nitrogens is 1. The smallest absolute Gasteiger partial charge is 0.352 e. The number of carbonyl (C=O) groups excluding carboxylic acids is 2. The molecule has 0 fully saturated rings. The molecule has 0 unspecified atom stereocenters. The van der Waals surface area contributed by atoms with Crippen molar-refractivity contribution in [2.24, 2.45) is 0 Å². The lowest BCUT2D eigenvalue weighted by Gasteiger charge is -2.06. The van der Waals surface area contributed by atoms with Crippen molar-refractivity contribution in [3.05, 3.63) is 58.4 Å². The Bertz CT molecular complexity index is 703. The Labute approximate surface area is 126 Å². The number of ether oxygens (including phenoxy) is 1. The molecule has 2 N–H and O–H groups in total. The first kappa shape index (κ1) is 15.5. The number of benzene rings is 1. The van der Waals surface area contributed by atoms with Crippen molar-refractivity contribution < 1.29 is 24.2 Å². The van der Waals surface area contributed by atoms with Gasteiger partial charge in [0.1, 0.15) is 5.69 Å². The standard InChI is InChI=1S/C16H15NO5/c1-2-22-16(21)13-11(8-10-6-4-3-5-7-10)14(15(19)20)17-12(13)9-18/h3-7,9,17H,2,8H2,1H3,(H,19,20). The second-order valence-corrected chi connectivity index (χ2v) is 4.57. The van der Waals surface area contributed by atoms with Crippen LogP contribution in [0.15, 0.2) is 30.3 Å². The molecule has 22 heavy (non-hydrogen) atoms. The fourth-order valence-electron chi connectivity index (χ4n) is 2.24. The predicted octanol–water partition coefficient (Wildman–Crippen LogP) is 2.29. The first-order chi connectivity index (χ1) is 10.6. The second kappa shape index (κ2) is 6.71. The van der Waals surface area contributed by atoms with E-state index in [1.165, 1.54) is 0 Å². The maximum Gasteiger partial charge on any atom is 0.352 e. The average molecular weight is 301 g/mol. The van der Waals surface area contributed by atoms with Gasteiger partial charge in [-0.25, -0.2) is 9.59 Å². The number of esters is 1. The van der Waals surface area contributed by atoms with Gasteiger partial charge in [0.05, 0.1) is 17.9 Å². The van der Waals surface area contributed by atoms with Crippen LogP contribution in [0.5, 0.6) is 0 Å². The highest BCUT2D eigenvalue weighted by molar-refractivity contribution is 6.03. The van der Waals surface area contributed by atoms with E-state index in [1.807, 2.05) is 30.3 Å². The van der Waals surface area contributed by atoms with Crippen LogP contribution in [-0.2, 0) is 11.2 Å². The summed E-state index contributed by atoms with van der Waals surface area (Å²) >= 11 is 0. The molecule has 2 aromatic rings. The number of carboxylic acids is 1. The van der Waals surface area contributed by atoms with Crippen molar-refractivity contribution in [2.45, 2.75) is 13.3 Å². The molecule has 0 aliphatic rings. The molecule has 0 aliphatic heterocycles. The molecular formula is C16H15NO5. The molecule has 6 nitrogen and oxygen atoms in total. The Kier molecular flexibility index (Phi) is 4.73. The molecule has 114 valence electrons. The van der Waals surface area contributed by atoms with Crippen molar-refractivity contribution in [1.82, 2.24) is 4.98 Å². The Hall–Kier alpha value is -2.89. The topological polar surface area (TPSA) is 96.5 Å². The Morgan fingerprint density at radius 1 is 1.27 bits per heavy atom.